The van der Waals surface area contributed by atoms with Crippen LogP contribution in [0.3, 0.4) is 0 Å². The largest absolute Gasteiger partial charge is 0.486 e. The van der Waals surface area contributed by atoms with Crippen LogP contribution >= 0.6 is 0 Å². The van der Waals surface area contributed by atoms with Crippen LogP contribution in [0.2, 0.25) is 19.6 Å². The third kappa shape index (κ3) is 3.68. The van der Waals surface area contributed by atoms with Crippen molar-refractivity contribution in [2.75, 3.05) is 7.11 Å². The van der Waals surface area contributed by atoms with E-state index in [4.69, 9.17) is 9.16 Å². The molecule has 0 bridgehead atoms. The standard InChI is InChI=1S/C11H18N4O2Si/c1-15-11(13-8-16-2)9(7-14-15)10(6-12)17-18(3,4)5/h7-8,10H,1-5H3. The van der Waals surface area contributed by atoms with Crippen molar-refractivity contribution in [2.24, 2.45) is 12.0 Å². The average Bonchev–Trinajstić information content (AvgIpc) is 2.63. The fourth-order valence-electron chi connectivity index (χ4n) is 1.41. The van der Waals surface area contributed by atoms with Crippen LogP contribution in [0.5, 0.6) is 0 Å². The van der Waals surface area contributed by atoms with Gasteiger partial charge in [-0.15, -0.1) is 0 Å². The zero-order chi connectivity index (χ0) is 13.8. The SMILES string of the molecule is COC=Nc1c(C(C#N)O[Si](C)(C)C)cnn1C. The third-order valence-corrected chi connectivity index (χ3v) is 3.03. The molecule has 6 nitrogen and oxygen atoms in total. The number of ether oxygens (including phenoxy) is 1. The second-order valence-corrected chi connectivity index (χ2v) is 9.22. The second kappa shape index (κ2) is 5.80. The Labute approximate surface area is 108 Å². The Morgan fingerprint density at radius 1 is 1.56 bits per heavy atom. The Morgan fingerprint density at radius 2 is 2.22 bits per heavy atom. The zero-order valence-corrected chi connectivity index (χ0v) is 12.3. The fourth-order valence-corrected chi connectivity index (χ4v) is 2.29. The predicted molar refractivity (Wildman–Crippen MR) is 71.2 cm³/mol. The smallest absolute Gasteiger partial charge is 0.186 e. The van der Waals surface area contributed by atoms with Crippen LogP contribution in [0, 0.1) is 11.3 Å². The highest BCUT2D eigenvalue weighted by atomic mass is 28.4. The summed E-state index contributed by atoms with van der Waals surface area (Å²) >= 11 is 0. The van der Waals surface area contributed by atoms with E-state index in [2.05, 4.69) is 16.2 Å². The maximum Gasteiger partial charge on any atom is 0.186 e. The Morgan fingerprint density at radius 3 is 2.72 bits per heavy atom. The molecule has 98 valence electrons. The molecule has 1 aromatic heterocycles. The number of rotatable bonds is 5. The van der Waals surface area contributed by atoms with Gasteiger partial charge < -0.3 is 9.16 Å². The molecule has 0 saturated carbocycles. The first-order valence-electron chi connectivity index (χ1n) is 5.53. The monoisotopic (exact) mass is 266 g/mol. The lowest BCUT2D eigenvalue weighted by Crippen LogP contribution is -2.27. The Hall–Kier alpha value is -1.65. The zero-order valence-electron chi connectivity index (χ0n) is 11.3. The molecule has 1 heterocycles. The molecule has 18 heavy (non-hydrogen) atoms. The van der Waals surface area contributed by atoms with Crippen molar-refractivity contribution in [3.8, 4) is 6.07 Å². The van der Waals surface area contributed by atoms with E-state index >= 15 is 0 Å². The molecule has 0 amide bonds. The van der Waals surface area contributed by atoms with Crippen molar-refractivity contribution in [3.05, 3.63) is 11.8 Å². The minimum Gasteiger partial charge on any atom is -0.486 e. The maximum atomic E-state index is 9.23. The molecule has 0 radical (unpaired) electrons. The van der Waals surface area contributed by atoms with Crippen molar-refractivity contribution in [1.82, 2.24) is 9.78 Å². The predicted octanol–water partition coefficient (Wildman–Crippen LogP) is 2.14. The summed E-state index contributed by atoms with van der Waals surface area (Å²) in [4.78, 5) is 4.12. The first-order chi connectivity index (χ1) is 8.39. The van der Waals surface area contributed by atoms with Crippen LogP contribution in [0.1, 0.15) is 11.7 Å². The van der Waals surface area contributed by atoms with Gasteiger partial charge in [-0.05, 0) is 19.6 Å². The summed E-state index contributed by atoms with van der Waals surface area (Å²) in [6, 6.07) is 2.15. The maximum absolute atomic E-state index is 9.23. The van der Waals surface area contributed by atoms with Gasteiger partial charge in [0.15, 0.2) is 26.6 Å². The molecule has 0 fully saturated rings. The number of hydrogen-bond acceptors (Lipinski definition) is 5. The van der Waals surface area contributed by atoms with Gasteiger partial charge in [-0.3, -0.25) is 4.68 Å². The topological polar surface area (TPSA) is 72.4 Å². The van der Waals surface area contributed by atoms with Crippen LogP contribution in [0.25, 0.3) is 0 Å². The summed E-state index contributed by atoms with van der Waals surface area (Å²) in [5.74, 6) is 0.571. The van der Waals surface area contributed by atoms with E-state index in [1.807, 2.05) is 19.6 Å². The van der Waals surface area contributed by atoms with Gasteiger partial charge in [0.1, 0.15) is 0 Å². The first kappa shape index (κ1) is 14.4. The van der Waals surface area contributed by atoms with Gasteiger partial charge in [-0.1, -0.05) is 0 Å². The van der Waals surface area contributed by atoms with E-state index in [1.54, 1.807) is 17.9 Å². The number of methoxy groups -OCH3 is 1. The first-order valence-corrected chi connectivity index (χ1v) is 8.94. The minimum atomic E-state index is -1.81. The number of aromatic nitrogens is 2. The Bertz CT molecular complexity index is 470. The molecule has 1 unspecified atom stereocenters. The summed E-state index contributed by atoms with van der Waals surface area (Å²) in [6.07, 6.45) is 2.27. The lowest BCUT2D eigenvalue weighted by molar-refractivity contribution is 0.255. The van der Waals surface area contributed by atoms with E-state index in [9.17, 15) is 5.26 Å². The molecule has 0 aliphatic carbocycles. The van der Waals surface area contributed by atoms with Gasteiger partial charge in [0, 0.05) is 7.05 Å². The van der Waals surface area contributed by atoms with Crippen LogP contribution in [0.4, 0.5) is 5.82 Å². The number of aliphatic imine (C=N–C) groups is 1. The summed E-state index contributed by atoms with van der Waals surface area (Å²) in [5.41, 5.74) is 0.663. The van der Waals surface area contributed by atoms with E-state index in [0.29, 0.717) is 11.4 Å². The highest BCUT2D eigenvalue weighted by molar-refractivity contribution is 6.69. The lowest BCUT2D eigenvalue weighted by Gasteiger charge is -2.21. The van der Waals surface area contributed by atoms with Gasteiger partial charge in [-0.2, -0.15) is 10.4 Å². The van der Waals surface area contributed by atoms with Gasteiger partial charge in [0.05, 0.1) is 24.9 Å². The van der Waals surface area contributed by atoms with Crippen LogP contribution in [0.15, 0.2) is 11.2 Å². The fraction of sp³-hybridized carbons (Fsp3) is 0.545. The molecule has 1 aromatic rings. The second-order valence-electron chi connectivity index (χ2n) is 4.76. The Balaban J connectivity index is 3.07. The highest BCUT2D eigenvalue weighted by Gasteiger charge is 2.25. The van der Waals surface area contributed by atoms with Crippen molar-refractivity contribution < 1.29 is 9.16 Å². The highest BCUT2D eigenvalue weighted by Crippen LogP contribution is 2.29. The number of nitrogens with zero attached hydrogens (tertiary/aromatic N) is 4. The van der Waals surface area contributed by atoms with E-state index in [-0.39, 0.29) is 0 Å². The molecule has 1 atom stereocenters. The molecule has 0 saturated heterocycles. The molecule has 0 N–H and O–H groups in total. The molecule has 1 rings (SSSR count). The molecule has 0 aliphatic heterocycles. The lowest BCUT2D eigenvalue weighted by atomic mass is 10.2. The number of aryl methyl sites for hydroxylation is 1. The van der Waals surface area contributed by atoms with Gasteiger partial charge in [-0.25, -0.2) is 4.99 Å². The summed E-state index contributed by atoms with van der Waals surface area (Å²) < 4.78 is 12.2. The normalized spacial score (nSPS) is 13.6. The number of nitriles is 1. The molecular formula is C11H18N4O2Si. The molecular weight excluding hydrogens is 248 g/mol. The number of hydrogen-bond donors (Lipinski definition) is 0. The van der Waals surface area contributed by atoms with Gasteiger partial charge >= 0.3 is 0 Å². The summed E-state index contributed by atoms with van der Waals surface area (Å²) in [6.45, 7) is 6.10. The van der Waals surface area contributed by atoms with Crippen molar-refractivity contribution in [2.45, 2.75) is 25.7 Å². The summed E-state index contributed by atoms with van der Waals surface area (Å²) in [7, 11) is 1.46. The van der Waals surface area contributed by atoms with Crippen molar-refractivity contribution >= 4 is 20.5 Å². The molecule has 0 aromatic carbocycles. The summed E-state index contributed by atoms with van der Waals surface area (Å²) in [5, 5.41) is 13.3. The van der Waals surface area contributed by atoms with Crippen LogP contribution in [-0.2, 0) is 16.2 Å². The van der Waals surface area contributed by atoms with Crippen LogP contribution in [-0.4, -0.2) is 31.6 Å². The molecule has 7 heteroatoms. The quantitative estimate of drug-likeness (QED) is 0.465. The molecule has 0 aliphatic rings. The van der Waals surface area contributed by atoms with Crippen molar-refractivity contribution in [3.63, 3.8) is 0 Å². The van der Waals surface area contributed by atoms with E-state index < -0.39 is 14.4 Å². The third-order valence-electron chi connectivity index (χ3n) is 2.09. The van der Waals surface area contributed by atoms with E-state index in [0.717, 1.165) is 0 Å². The minimum absolute atomic E-state index is 0.571. The average molecular weight is 266 g/mol. The molecule has 0 spiro atoms. The van der Waals surface area contributed by atoms with Crippen molar-refractivity contribution in [1.29, 1.82) is 5.26 Å². The van der Waals surface area contributed by atoms with Gasteiger partial charge in [0.2, 0.25) is 0 Å². The Kier molecular flexibility index (Phi) is 4.64. The van der Waals surface area contributed by atoms with E-state index in [1.165, 1.54) is 13.5 Å². The van der Waals surface area contributed by atoms with Gasteiger partial charge in [0.25, 0.3) is 0 Å². The van der Waals surface area contributed by atoms with Crippen LogP contribution < -0.4 is 0 Å².